The maximum absolute atomic E-state index is 13.6. The summed E-state index contributed by atoms with van der Waals surface area (Å²) in [6, 6.07) is 4.67. The Morgan fingerprint density at radius 2 is 2.05 bits per heavy atom. The van der Waals surface area contributed by atoms with Crippen LogP contribution in [0.4, 0.5) is 10.1 Å². The molecular weight excluding hydrogens is 271 g/mol. The Balaban J connectivity index is 0.00000180. The van der Waals surface area contributed by atoms with E-state index < -0.39 is 11.4 Å². The summed E-state index contributed by atoms with van der Waals surface area (Å²) >= 11 is 0. The Kier molecular flexibility index (Phi) is 5.29. The van der Waals surface area contributed by atoms with E-state index in [1.807, 2.05) is 0 Å². The number of hydrogen-bond acceptors (Lipinski definition) is 3. The zero-order valence-corrected chi connectivity index (χ0v) is 11.6. The van der Waals surface area contributed by atoms with Crippen molar-refractivity contribution in [3.63, 3.8) is 0 Å². The Morgan fingerprint density at radius 1 is 1.42 bits per heavy atom. The van der Waals surface area contributed by atoms with E-state index >= 15 is 0 Å². The number of nitrogens with one attached hydrogen (secondary N) is 1. The third kappa shape index (κ3) is 3.65. The fraction of sp³-hybridized carbons (Fsp3) is 0.462. The number of anilines is 1. The topological polar surface area (TPSA) is 64.4 Å². The molecule has 4 nitrogen and oxygen atoms in total. The minimum Gasteiger partial charge on any atom is -0.381 e. The van der Waals surface area contributed by atoms with E-state index in [0.717, 1.165) is 5.56 Å². The first-order chi connectivity index (χ1) is 8.51. The van der Waals surface area contributed by atoms with Gasteiger partial charge in [-0.25, -0.2) is 4.39 Å². The normalized spacial score (nSPS) is 17.4. The van der Waals surface area contributed by atoms with E-state index in [1.165, 1.54) is 6.07 Å². The van der Waals surface area contributed by atoms with Crippen LogP contribution in [0.1, 0.15) is 18.4 Å². The summed E-state index contributed by atoms with van der Waals surface area (Å²) in [5, 5.41) is 2.55. The zero-order chi connectivity index (χ0) is 13.2. The van der Waals surface area contributed by atoms with E-state index in [9.17, 15) is 9.18 Å². The molecular formula is C13H18ClFN2O2. The Morgan fingerprint density at radius 3 is 2.63 bits per heavy atom. The van der Waals surface area contributed by atoms with Crippen molar-refractivity contribution in [2.45, 2.75) is 25.3 Å². The molecule has 1 aromatic rings. The van der Waals surface area contributed by atoms with Crippen LogP contribution in [0.25, 0.3) is 0 Å². The average Bonchev–Trinajstić information content (AvgIpc) is 2.33. The number of nitrogens with two attached hydrogens (primary N) is 1. The molecule has 0 bridgehead atoms. The lowest BCUT2D eigenvalue weighted by molar-refractivity contribution is -0.124. The van der Waals surface area contributed by atoms with Gasteiger partial charge in [0.15, 0.2) is 0 Å². The van der Waals surface area contributed by atoms with Gasteiger partial charge in [0.05, 0.1) is 5.69 Å². The lowest BCUT2D eigenvalue weighted by Crippen LogP contribution is -2.54. The first kappa shape index (κ1) is 15.9. The molecule has 0 saturated carbocycles. The number of benzene rings is 1. The number of aryl methyl sites for hydroxylation is 1. The van der Waals surface area contributed by atoms with Crippen molar-refractivity contribution < 1.29 is 13.9 Å². The number of carbonyl (C=O) groups excluding carboxylic acids is 1. The third-order valence-electron chi connectivity index (χ3n) is 3.21. The number of ether oxygens (including phenoxy) is 1. The summed E-state index contributed by atoms with van der Waals surface area (Å²) in [6.07, 6.45) is 0.901. The minimum atomic E-state index is -0.963. The van der Waals surface area contributed by atoms with Gasteiger partial charge in [0.2, 0.25) is 5.91 Å². The van der Waals surface area contributed by atoms with E-state index in [2.05, 4.69) is 5.32 Å². The quantitative estimate of drug-likeness (QED) is 0.875. The summed E-state index contributed by atoms with van der Waals surface area (Å²) in [5.74, 6) is -0.799. The molecule has 3 N–H and O–H groups in total. The summed E-state index contributed by atoms with van der Waals surface area (Å²) < 4.78 is 18.8. The van der Waals surface area contributed by atoms with E-state index in [1.54, 1.807) is 19.1 Å². The highest BCUT2D eigenvalue weighted by atomic mass is 35.5. The Labute approximate surface area is 117 Å². The minimum absolute atomic E-state index is 0. The highest BCUT2D eigenvalue weighted by Crippen LogP contribution is 2.22. The lowest BCUT2D eigenvalue weighted by Gasteiger charge is -2.31. The number of carbonyl (C=O) groups is 1. The van der Waals surface area contributed by atoms with Gasteiger partial charge in [0, 0.05) is 13.2 Å². The number of rotatable bonds is 2. The first-order valence-electron chi connectivity index (χ1n) is 5.95. The molecule has 2 rings (SSSR count). The maximum Gasteiger partial charge on any atom is 0.244 e. The van der Waals surface area contributed by atoms with Crippen LogP contribution >= 0.6 is 12.4 Å². The van der Waals surface area contributed by atoms with Crippen LogP contribution in [0, 0.1) is 12.7 Å². The van der Waals surface area contributed by atoms with Crippen molar-refractivity contribution in [3.05, 3.63) is 29.6 Å². The molecule has 1 heterocycles. The van der Waals surface area contributed by atoms with Crippen LogP contribution in [-0.4, -0.2) is 24.7 Å². The van der Waals surface area contributed by atoms with Crippen LogP contribution in [0.15, 0.2) is 18.2 Å². The fourth-order valence-electron chi connectivity index (χ4n) is 1.93. The van der Waals surface area contributed by atoms with Crippen molar-refractivity contribution >= 4 is 24.0 Å². The highest BCUT2D eigenvalue weighted by molar-refractivity contribution is 5.98. The molecule has 1 amide bonds. The number of hydrogen-bond donors (Lipinski definition) is 2. The summed E-state index contributed by atoms with van der Waals surface area (Å²) in [4.78, 5) is 12.1. The summed E-state index contributed by atoms with van der Waals surface area (Å²) in [7, 11) is 0. The average molecular weight is 289 g/mol. The van der Waals surface area contributed by atoms with Gasteiger partial charge in [0.1, 0.15) is 11.4 Å². The van der Waals surface area contributed by atoms with Gasteiger partial charge in [-0.3, -0.25) is 4.79 Å². The van der Waals surface area contributed by atoms with Crippen molar-refractivity contribution in [3.8, 4) is 0 Å². The third-order valence-corrected chi connectivity index (χ3v) is 3.21. The molecule has 0 spiro atoms. The molecule has 1 fully saturated rings. The largest absolute Gasteiger partial charge is 0.381 e. The molecule has 1 saturated heterocycles. The molecule has 0 aromatic heterocycles. The molecule has 0 unspecified atom stereocenters. The van der Waals surface area contributed by atoms with Crippen molar-refractivity contribution in [1.82, 2.24) is 0 Å². The smallest absolute Gasteiger partial charge is 0.244 e. The van der Waals surface area contributed by atoms with Gasteiger partial charge in [-0.1, -0.05) is 6.07 Å². The standard InChI is InChI=1S/C13H17FN2O2.ClH/c1-9-2-3-11(10(14)8-9)16-12(17)13(15)4-6-18-7-5-13;/h2-3,8H,4-7,15H2,1H3,(H,16,17);1H. The van der Waals surface area contributed by atoms with Gasteiger partial charge in [-0.15, -0.1) is 12.4 Å². The zero-order valence-electron chi connectivity index (χ0n) is 10.7. The van der Waals surface area contributed by atoms with E-state index in [0.29, 0.717) is 26.1 Å². The second kappa shape index (κ2) is 6.32. The second-order valence-electron chi connectivity index (χ2n) is 4.71. The van der Waals surface area contributed by atoms with Gasteiger partial charge in [0.25, 0.3) is 0 Å². The number of amides is 1. The Hall–Kier alpha value is -1.17. The van der Waals surface area contributed by atoms with Gasteiger partial charge >= 0.3 is 0 Å². The predicted octanol–water partition coefficient (Wildman–Crippen LogP) is 2.00. The van der Waals surface area contributed by atoms with Crippen molar-refractivity contribution in [1.29, 1.82) is 0 Å². The monoisotopic (exact) mass is 288 g/mol. The predicted molar refractivity (Wildman–Crippen MR) is 74.0 cm³/mol. The SMILES string of the molecule is Cc1ccc(NC(=O)C2(N)CCOCC2)c(F)c1.Cl. The van der Waals surface area contributed by atoms with Gasteiger partial charge in [-0.05, 0) is 37.5 Å². The molecule has 0 aliphatic carbocycles. The van der Waals surface area contributed by atoms with Gasteiger partial charge < -0.3 is 15.8 Å². The van der Waals surface area contributed by atoms with E-state index in [-0.39, 0.29) is 24.0 Å². The molecule has 6 heteroatoms. The summed E-state index contributed by atoms with van der Waals surface area (Å²) in [5.41, 5.74) is 6.03. The maximum atomic E-state index is 13.6. The molecule has 1 aliphatic heterocycles. The number of halogens is 2. The van der Waals surface area contributed by atoms with Crippen molar-refractivity contribution in [2.24, 2.45) is 5.73 Å². The van der Waals surface area contributed by atoms with Crippen LogP contribution in [0.2, 0.25) is 0 Å². The van der Waals surface area contributed by atoms with Crippen LogP contribution in [0.5, 0.6) is 0 Å². The molecule has 0 radical (unpaired) electrons. The van der Waals surface area contributed by atoms with Crippen LogP contribution < -0.4 is 11.1 Å². The molecule has 1 aromatic carbocycles. The molecule has 19 heavy (non-hydrogen) atoms. The van der Waals surface area contributed by atoms with Crippen LogP contribution in [-0.2, 0) is 9.53 Å². The lowest BCUT2D eigenvalue weighted by atomic mass is 9.90. The Bertz CT molecular complexity index is 462. The van der Waals surface area contributed by atoms with E-state index in [4.69, 9.17) is 10.5 Å². The van der Waals surface area contributed by atoms with Crippen LogP contribution in [0.3, 0.4) is 0 Å². The van der Waals surface area contributed by atoms with Gasteiger partial charge in [-0.2, -0.15) is 0 Å². The second-order valence-corrected chi connectivity index (χ2v) is 4.71. The first-order valence-corrected chi connectivity index (χ1v) is 5.95. The fourth-order valence-corrected chi connectivity index (χ4v) is 1.93. The highest BCUT2D eigenvalue weighted by Gasteiger charge is 2.36. The van der Waals surface area contributed by atoms with Crippen molar-refractivity contribution in [2.75, 3.05) is 18.5 Å². The summed E-state index contributed by atoms with van der Waals surface area (Å²) in [6.45, 7) is 2.71. The molecule has 0 atom stereocenters. The molecule has 1 aliphatic rings. The molecule has 106 valence electrons.